The van der Waals surface area contributed by atoms with Crippen LogP contribution < -0.4 is 5.32 Å². The van der Waals surface area contributed by atoms with Crippen molar-refractivity contribution in [1.82, 2.24) is 10.2 Å². The highest BCUT2D eigenvalue weighted by atomic mass is 16.5. The summed E-state index contributed by atoms with van der Waals surface area (Å²) in [7, 11) is 0. The van der Waals surface area contributed by atoms with E-state index in [1.165, 1.54) is 0 Å². The van der Waals surface area contributed by atoms with Crippen LogP contribution in [0, 0.1) is 0 Å². The van der Waals surface area contributed by atoms with Crippen LogP contribution in [0.1, 0.15) is 19.8 Å². The number of hydrogen-bond acceptors (Lipinski definition) is 5. The normalized spacial score (nSPS) is 29.3. The zero-order valence-electron chi connectivity index (χ0n) is 11.4. The van der Waals surface area contributed by atoms with Crippen molar-refractivity contribution in [3.63, 3.8) is 0 Å². The molecule has 1 unspecified atom stereocenters. The van der Waals surface area contributed by atoms with E-state index >= 15 is 0 Å². The van der Waals surface area contributed by atoms with E-state index < -0.39 is 5.60 Å². The van der Waals surface area contributed by atoms with Gasteiger partial charge in [-0.15, -0.1) is 0 Å². The van der Waals surface area contributed by atoms with Crippen LogP contribution in [0.5, 0.6) is 0 Å². The summed E-state index contributed by atoms with van der Waals surface area (Å²) in [5, 5.41) is 13.7. The summed E-state index contributed by atoms with van der Waals surface area (Å²) >= 11 is 0. The van der Waals surface area contributed by atoms with Gasteiger partial charge in [-0.3, -0.25) is 4.90 Å². The average molecular weight is 258 g/mol. The molecule has 2 saturated heterocycles. The van der Waals surface area contributed by atoms with E-state index in [0.717, 1.165) is 45.6 Å². The van der Waals surface area contributed by atoms with Crippen LogP contribution in [-0.2, 0) is 9.47 Å². The van der Waals surface area contributed by atoms with Crippen LogP contribution >= 0.6 is 0 Å². The highest BCUT2D eigenvalue weighted by Crippen LogP contribution is 2.19. The fourth-order valence-electron chi connectivity index (χ4n) is 2.59. The minimum atomic E-state index is -0.586. The molecule has 5 heteroatoms. The fourth-order valence-corrected chi connectivity index (χ4v) is 2.59. The molecule has 0 aromatic heterocycles. The van der Waals surface area contributed by atoms with E-state index in [0.29, 0.717) is 19.8 Å². The lowest BCUT2D eigenvalue weighted by molar-refractivity contribution is -0.0661. The quantitative estimate of drug-likeness (QED) is 0.717. The largest absolute Gasteiger partial charge is 0.388 e. The van der Waals surface area contributed by atoms with Crippen LogP contribution in [0.15, 0.2) is 0 Å². The Morgan fingerprint density at radius 2 is 2.11 bits per heavy atom. The molecule has 106 valence electrons. The maximum absolute atomic E-state index is 10.3. The Labute approximate surface area is 109 Å². The molecule has 0 saturated carbocycles. The molecule has 2 aliphatic heterocycles. The predicted molar refractivity (Wildman–Crippen MR) is 69.7 cm³/mol. The molecule has 2 rings (SSSR count). The number of nitrogens with zero attached hydrogens (tertiary/aromatic N) is 1. The van der Waals surface area contributed by atoms with Gasteiger partial charge in [0.2, 0.25) is 0 Å². The molecular weight excluding hydrogens is 232 g/mol. The summed E-state index contributed by atoms with van der Waals surface area (Å²) in [5.74, 6) is 0. The second kappa shape index (κ2) is 6.82. The monoisotopic (exact) mass is 258 g/mol. The third-order valence-electron chi connectivity index (χ3n) is 3.92. The summed E-state index contributed by atoms with van der Waals surface area (Å²) < 4.78 is 11.0. The van der Waals surface area contributed by atoms with E-state index in [1.54, 1.807) is 0 Å². The SMILES string of the molecule is CCN1CCOC(CNCC2(O)CCOCC2)C1. The van der Waals surface area contributed by atoms with Gasteiger partial charge in [0, 0.05) is 52.2 Å². The molecular formula is C13H26N2O3. The molecule has 2 heterocycles. The molecule has 2 N–H and O–H groups in total. The first kappa shape index (κ1) is 14.2. The lowest BCUT2D eigenvalue weighted by Crippen LogP contribution is -2.50. The van der Waals surface area contributed by atoms with Crippen LogP contribution in [0.4, 0.5) is 0 Å². The van der Waals surface area contributed by atoms with Gasteiger partial charge in [0.25, 0.3) is 0 Å². The highest BCUT2D eigenvalue weighted by molar-refractivity contribution is 4.84. The fraction of sp³-hybridized carbons (Fsp3) is 1.00. The van der Waals surface area contributed by atoms with Gasteiger partial charge in [0.1, 0.15) is 0 Å². The standard InChI is InChI=1S/C13H26N2O3/c1-2-15-5-8-18-12(10-15)9-14-11-13(16)3-6-17-7-4-13/h12,14,16H,2-11H2,1H3. The Hall–Kier alpha value is -0.200. The van der Waals surface area contributed by atoms with Crippen LogP contribution in [0.3, 0.4) is 0 Å². The molecule has 2 aliphatic rings. The molecule has 0 aliphatic carbocycles. The zero-order chi connectivity index (χ0) is 12.8. The minimum absolute atomic E-state index is 0.252. The van der Waals surface area contributed by atoms with E-state index in [2.05, 4.69) is 17.1 Å². The van der Waals surface area contributed by atoms with Gasteiger partial charge < -0.3 is 19.9 Å². The summed E-state index contributed by atoms with van der Waals surface area (Å²) in [6, 6.07) is 0. The highest BCUT2D eigenvalue weighted by Gasteiger charge is 2.29. The molecule has 1 atom stereocenters. The van der Waals surface area contributed by atoms with Gasteiger partial charge in [-0.1, -0.05) is 6.92 Å². The number of ether oxygens (including phenoxy) is 2. The molecule has 0 aromatic carbocycles. The van der Waals surface area contributed by atoms with E-state index in [9.17, 15) is 5.11 Å². The maximum atomic E-state index is 10.3. The Balaban J connectivity index is 1.65. The summed E-state index contributed by atoms with van der Waals surface area (Å²) in [4.78, 5) is 2.40. The Bertz CT molecular complexity index is 244. The molecule has 0 amide bonds. The number of nitrogens with one attached hydrogen (secondary N) is 1. The van der Waals surface area contributed by atoms with Crippen LogP contribution in [-0.4, -0.2) is 74.3 Å². The predicted octanol–water partition coefficient (Wildman–Crippen LogP) is -0.162. The van der Waals surface area contributed by atoms with Crippen molar-refractivity contribution >= 4 is 0 Å². The average Bonchev–Trinajstić information content (AvgIpc) is 2.40. The second-order valence-electron chi connectivity index (χ2n) is 5.35. The first-order valence-corrected chi connectivity index (χ1v) is 7.07. The molecule has 0 bridgehead atoms. The van der Waals surface area contributed by atoms with Crippen molar-refractivity contribution in [1.29, 1.82) is 0 Å². The van der Waals surface area contributed by atoms with Gasteiger partial charge >= 0.3 is 0 Å². The topological polar surface area (TPSA) is 54.0 Å². The third-order valence-corrected chi connectivity index (χ3v) is 3.92. The first-order valence-electron chi connectivity index (χ1n) is 7.07. The summed E-state index contributed by atoms with van der Waals surface area (Å²) in [5.41, 5.74) is -0.586. The Kier molecular flexibility index (Phi) is 5.38. The Morgan fingerprint density at radius 1 is 1.33 bits per heavy atom. The molecule has 18 heavy (non-hydrogen) atoms. The van der Waals surface area contributed by atoms with Gasteiger partial charge in [0.15, 0.2) is 0 Å². The number of likely N-dealkylation sites (N-methyl/N-ethyl adjacent to an activating group) is 1. The number of aliphatic hydroxyl groups is 1. The lowest BCUT2D eigenvalue weighted by Gasteiger charge is -2.35. The number of rotatable bonds is 5. The van der Waals surface area contributed by atoms with E-state index in [1.807, 2.05) is 0 Å². The number of hydrogen-bond donors (Lipinski definition) is 2. The van der Waals surface area contributed by atoms with Crippen molar-refractivity contribution < 1.29 is 14.6 Å². The minimum Gasteiger partial charge on any atom is -0.388 e. The van der Waals surface area contributed by atoms with E-state index in [-0.39, 0.29) is 6.10 Å². The van der Waals surface area contributed by atoms with Crippen molar-refractivity contribution in [2.45, 2.75) is 31.5 Å². The summed E-state index contributed by atoms with van der Waals surface area (Å²) in [6.07, 6.45) is 1.71. The van der Waals surface area contributed by atoms with E-state index in [4.69, 9.17) is 9.47 Å². The van der Waals surface area contributed by atoms with Crippen molar-refractivity contribution in [2.24, 2.45) is 0 Å². The van der Waals surface area contributed by atoms with Crippen LogP contribution in [0.25, 0.3) is 0 Å². The zero-order valence-corrected chi connectivity index (χ0v) is 11.4. The summed E-state index contributed by atoms with van der Waals surface area (Å²) in [6.45, 7) is 8.91. The molecule has 0 spiro atoms. The lowest BCUT2D eigenvalue weighted by atomic mass is 9.94. The second-order valence-corrected chi connectivity index (χ2v) is 5.35. The smallest absolute Gasteiger partial charge is 0.0826 e. The maximum Gasteiger partial charge on any atom is 0.0826 e. The van der Waals surface area contributed by atoms with Gasteiger partial charge in [-0.25, -0.2) is 0 Å². The Morgan fingerprint density at radius 3 is 2.83 bits per heavy atom. The van der Waals surface area contributed by atoms with Gasteiger partial charge in [0.05, 0.1) is 18.3 Å². The molecule has 0 radical (unpaired) electrons. The number of morpholine rings is 1. The molecule has 5 nitrogen and oxygen atoms in total. The van der Waals surface area contributed by atoms with Gasteiger partial charge in [-0.05, 0) is 6.54 Å². The molecule has 2 fully saturated rings. The van der Waals surface area contributed by atoms with Crippen molar-refractivity contribution in [3.05, 3.63) is 0 Å². The first-order chi connectivity index (χ1) is 8.72. The van der Waals surface area contributed by atoms with Crippen molar-refractivity contribution in [2.75, 3.05) is 52.5 Å². The van der Waals surface area contributed by atoms with Crippen molar-refractivity contribution in [3.8, 4) is 0 Å². The van der Waals surface area contributed by atoms with Crippen LogP contribution in [0.2, 0.25) is 0 Å². The molecule has 0 aromatic rings. The third kappa shape index (κ3) is 4.17. The van der Waals surface area contributed by atoms with Gasteiger partial charge in [-0.2, -0.15) is 0 Å².